The van der Waals surface area contributed by atoms with E-state index < -0.39 is 0 Å². The van der Waals surface area contributed by atoms with Crippen LogP contribution in [0.25, 0.3) is 0 Å². The van der Waals surface area contributed by atoms with Crippen molar-refractivity contribution in [3.05, 3.63) is 0 Å². The van der Waals surface area contributed by atoms with Crippen LogP contribution in [0.1, 0.15) is 12.8 Å². The van der Waals surface area contributed by atoms with Gasteiger partial charge in [-0.2, -0.15) is 0 Å². The molecule has 1 rings (SSSR count). The fourth-order valence-electron chi connectivity index (χ4n) is 2.05. The Labute approximate surface area is 104 Å². The summed E-state index contributed by atoms with van der Waals surface area (Å²) in [4.78, 5) is 15.7. The Morgan fingerprint density at radius 2 is 2.18 bits per heavy atom. The quantitative estimate of drug-likeness (QED) is 0.516. The molecule has 1 saturated heterocycles. The van der Waals surface area contributed by atoms with Gasteiger partial charge in [-0.25, -0.2) is 0 Å². The van der Waals surface area contributed by atoms with Crippen LogP contribution in [0.15, 0.2) is 0 Å². The van der Waals surface area contributed by atoms with Crippen LogP contribution in [0.5, 0.6) is 0 Å². The zero-order valence-electron chi connectivity index (χ0n) is 11.2. The van der Waals surface area contributed by atoms with E-state index in [2.05, 4.69) is 33.9 Å². The van der Waals surface area contributed by atoms with Gasteiger partial charge in [-0.3, -0.25) is 9.69 Å². The maximum absolute atomic E-state index is 10.9. The van der Waals surface area contributed by atoms with Crippen molar-refractivity contribution in [1.29, 1.82) is 0 Å². The molecule has 0 aliphatic carbocycles. The van der Waals surface area contributed by atoms with Gasteiger partial charge in [0.15, 0.2) is 0 Å². The molecule has 17 heavy (non-hydrogen) atoms. The predicted octanol–water partition coefficient (Wildman–Crippen LogP) is -0.225. The number of hydrogen-bond acceptors (Lipinski definition) is 5. The highest BCUT2D eigenvalue weighted by Gasteiger charge is 2.21. The molecule has 0 radical (unpaired) electrons. The van der Waals surface area contributed by atoms with Gasteiger partial charge in [0.25, 0.3) is 0 Å². The van der Waals surface area contributed by atoms with Gasteiger partial charge >= 0.3 is 5.97 Å². The molecule has 1 aliphatic rings. The van der Waals surface area contributed by atoms with E-state index in [1.54, 1.807) is 0 Å². The van der Waals surface area contributed by atoms with E-state index in [0.29, 0.717) is 12.5 Å². The molecule has 1 atom stereocenters. The van der Waals surface area contributed by atoms with Crippen molar-refractivity contribution >= 4 is 5.97 Å². The molecule has 5 heteroatoms. The second-order valence-electron chi connectivity index (χ2n) is 4.78. The Morgan fingerprint density at radius 1 is 1.41 bits per heavy atom. The van der Waals surface area contributed by atoms with E-state index in [9.17, 15) is 4.79 Å². The number of carbonyl (C=O) groups is 1. The SMILES string of the molecule is COC(=O)CCCNCC1CN(C)CCN1C. The van der Waals surface area contributed by atoms with Crippen molar-refractivity contribution in [2.45, 2.75) is 18.9 Å². The van der Waals surface area contributed by atoms with Crippen LogP contribution < -0.4 is 5.32 Å². The zero-order valence-corrected chi connectivity index (χ0v) is 11.2. The normalized spacial score (nSPS) is 22.6. The lowest BCUT2D eigenvalue weighted by atomic mass is 10.2. The van der Waals surface area contributed by atoms with Crippen molar-refractivity contribution in [2.75, 3.05) is 53.9 Å². The minimum atomic E-state index is -0.124. The van der Waals surface area contributed by atoms with E-state index >= 15 is 0 Å². The molecule has 1 heterocycles. The Morgan fingerprint density at radius 3 is 2.88 bits per heavy atom. The summed E-state index contributed by atoms with van der Waals surface area (Å²) in [6.07, 6.45) is 1.35. The smallest absolute Gasteiger partial charge is 0.305 e. The molecule has 0 spiro atoms. The molecule has 0 aromatic carbocycles. The predicted molar refractivity (Wildman–Crippen MR) is 68.0 cm³/mol. The van der Waals surface area contributed by atoms with Crippen LogP contribution in [0.4, 0.5) is 0 Å². The molecular weight excluding hydrogens is 218 g/mol. The first-order valence-electron chi connectivity index (χ1n) is 6.29. The lowest BCUT2D eigenvalue weighted by Gasteiger charge is -2.37. The number of hydrogen-bond donors (Lipinski definition) is 1. The largest absolute Gasteiger partial charge is 0.469 e. The van der Waals surface area contributed by atoms with Crippen molar-refractivity contribution in [3.63, 3.8) is 0 Å². The van der Waals surface area contributed by atoms with E-state index in [1.807, 2.05) is 0 Å². The lowest BCUT2D eigenvalue weighted by molar-refractivity contribution is -0.140. The fraction of sp³-hybridized carbons (Fsp3) is 0.917. The highest BCUT2D eigenvalue weighted by molar-refractivity contribution is 5.69. The number of ether oxygens (including phenoxy) is 1. The monoisotopic (exact) mass is 243 g/mol. The third kappa shape index (κ3) is 5.48. The fourth-order valence-corrected chi connectivity index (χ4v) is 2.05. The maximum atomic E-state index is 10.9. The van der Waals surface area contributed by atoms with Gasteiger partial charge in [0.1, 0.15) is 0 Å². The minimum Gasteiger partial charge on any atom is -0.469 e. The molecule has 0 aromatic rings. The highest BCUT2D eigenvalue weighted by atomic mass is 16.5. The second-order valence-corrected chi connectivity index (χ2v) is 4.78. The van der Waals surface area contributed by atoms with E-state index in [0.717, 1.165) is 39.1 Å². The Kier molecular flexibility index (Phi) is 6.47. The van der Waals surface area contributed by atoms with Gasteiger partial charge in [0, 0.05) is 38.6 Å². The van der Waals surface area contributed by atoms with Gasteiger partial charge in [-0.05, 0) is 27.1 Å². The van der Waals surface area contributed by atoms with E-state index in [-0.39, 0.29) is 5.97 Å². The first-order valence-corrected chi connectivity index (χ1v) is 6.29. The van der Waals surface area contributed by atoms with Crippen LogP contribution in [0.2, 0.25) is 0 Å². The molecule has 1 unspecified atom stereocenters. The Hall–Kier alpha value is -0.650. The average Bonchev–Trinajstić information content (AvgIpc) is 2.32. The van der Waals surface area contributed by atoms with Crippen molar-refractivity contribution in [1.82, 2.24) is 15.1 Å². The lowest BCUT2D eigenvalue weighted by Crippen LogP contribution is -2.53. The first-order chi connectivity index (χ1) is 8.13. The minimum absolute atomic E-state index is 0.124. The second kappa shape index (κ2) is 7.63. The van der Waals surface area contributed by atoms with Crippen LogP contribution in [0.3, 0.4) is 0 Å². The van der Waals surface area contributed by atoms with Crippen molar-refractivity contribution in [3.8, 4) is 0 Å². The van der Waals surface area contributed by atoms with Gasteiger partial charge < -0.3 is 15.0 Å². The Bertz CT molecular complexity index is 236. The summed E-state index contributed by atoms with van der Waals surface area (Å²) in [5.41, 5.74) is 0. The topological polar surface area (TPSA) is 44.8 Å². The van der Waals surface area contributed by atoms with Gasteiger partial charge in [-0.15, -0.1) is 0 Å². The summed E-state index contributed by atoms with van der Waals surface area (Å²) in [6.45, 7) is 5.26. The molecule has 1 fully saturated rings. The highest BCUT2D eigenvalue weighted by Crippen LogP contribution is 2.04. The number of rotatable bonds is 6. The summed E-state index contributed by atoms with van der Waals surface area (Å²) in [6, 6.07) is 0.576. The molecule has 0 bridgehead atoms. The summed E-state index contributed by atoms with van der Waals surface area (Å²) in [7, 11) is 5.77. The van der Waals surface area contributed by atoms with E-state index in [1.165, 1.54) is 7.11 Å². The number of nitrogens with zero attached hydrogens (tertiary/aromatic N) is 2. The molecule has 1 N–H and O–H groups in total. The van der Waals surface area contributed by atoms with Gasteiger partial charge in [0.05, 0.1) is 7.11 Å². The summed E-state index contributed by atoms with van der Waals surface area (Å²) in [5.74, 6) is -0.124. The molecular formula is C12H25N3O2. The number of esters is 1. The summed E-state index contributed by atoms with van der Waals surface area (Å²) in [5, 5.41) is 3.41. The molecule has 0 saturated carbocycles. The van der Waals surface area contributed by atoms with E-state index in [4.69, 9.17) is 0 Å². The number of nitrogens with one attached hydrogen (secondary N) is 1. The van der Waals surface area contributed by atoms with Gasteiger partial charge in [-0.1, -0.05) is 0 Å². The molecule has 100 valence electrons. The van der Waals surface area contributed by atoms with Crippen LogP contribution >= 0.6 is 0 Å². The maximum Gasteiger partial charge on any atom is 0.305 e. The van der Waals surface area contributed by atoms with Crippen LogP contribution in [-0.4, -0.2) is 75.7 Å². The van der Waals surface area contributed by atoms with Crippen LogP contribution in [0, 0.1) is 0 Å². The third-order valence-corrected chi connectivity index (χ3v) is 3.32. The number of piperazine rings is 1. The zero-order chi connectivity index (χ0) is 12.7. The number of carbonyl (C=O) groups excluding carboxylic acids is 1. The molecule has 0 aromatic heterocycles. The Balaban J connectivity index is 2.07. The molecule has 0 amide bonds. The van der Waals surface area contributed by atoms with Crippen molar-refractivity contribution in [2.24, 2.45) is 0 Å². The summed E-state index contributed by atoms with van der Waals surface area (Å²) < 4.78 is 4.60. The van der Waals surface area contributed by atoms with Crippen LogP contribution in [-0.2, 0) is 9.53 Å². The number of likely N-dealkylation sites (N-methyl/N-ethyl adjacent to an activating group) is 2. The molecule has 1 aliphatic heterocycles. The van der Waals surface area contributed by atoms with Gasteiger partial charge in [0.2, 0.25) is 0 Å². The molecule has 5 nitrogen and oxygen atoms in total. The standard InChI is InChI=1S/C12H25N3O2/c1-14-7-8-15(2)11(10-14)9-13-6-4-5-12(16)17-3/h11,13H,4-10H2,1-3H3. The number of methoxy groups -OCH3 is 1. The first kappa shape index (κ1) is 14.4. The average molecular weight is 243 g/mol. The van der Waals surface area contributed by atoms with Crippen molar-refractivity contribution < 1.29 is 9.53 Å². The third-order valence-electron chi connectivity index (χ3n) is 3.32. The summed E-state index contributed by atoms with van der Waals surface area (Å²) >= 11 is 0.